The standard InChI is InChI=1S/C26H25N2O/c1-17-12-13-20-25-21(18-9-5-4-6-10-18)15-19(27-2)16-23(25)29-26(20)24(17)22-11-7-8-14-28(22)3/h7-8,11-16,18H,4-6,9-10H2,1,3H3/q+1. The van der Waals surface area contributed by atoms with Gasteiger partial charge in [-0.3, -0.25) is 0 Å². The molecule has 0 bridgehead atoms. The van der Waals surface area contributed by atoms with Crippen LogP contribution in [0.2, 0.25) is 0 Å². The summed E-state index contributed by atoms with van der Waals surface area (Å²) >= 11 is 0. The Morgan fingerprint density at radius 3 is 2.66 bits per heavy atom. The summed E-state index contributed by atoms with van der Waals surface area (Å²) < 4.78 is 8.63. The molecule has 2 heterocycles. The molecule has 1 saturated carbocycles. The Morgan fingerprint density at radius 1 is 1.07 bits per heavy atom. The molecule has 0 saturated heterocycles. The van der Waals surface area contributed by atoms with Gasteiger partial charge in [-0.05, 0) is 48.9 Å². The fourth-order valence-electron chi connectivity index (χ4n) is 4.99. The van der Waals surface area contributed by atoms with Gasteiger partial charge in [0.1, 0.15) is 18.2 Å². The van der Waals surface area contributed by atoms with E-state index in [0.29, 0.717) is 11.6 Å². The molecule has 144 valence electrons. The molecular weight excluding hydrogens is 356 g/mol. The van der Waals surface area contributed by atoms with Crippen molar-refractivity contribution in [3.8, 4) is 11.3 Å². The van der Waals surface area contributed by atoms with Gasteiger partial charge < -0.3 is 4.42 Å². The lowest BCUT2D eigenvalue weighted by molar-refractivity contribution is -0.660. The number of hydrogen-bond donors (Lipinski definition) is 0. The number of rotatable bonds is 2. The molecule has 3 nitrogen and oxygen atoms in total. The second kappa shape index (κ2) is 7.04. The maximum atomic E-state index is 7.58. The molecule has 2 aromatic heterocycles. The molecule has 1 aliphatic rings. The number of aromatic nitrogens is 1. The molecule has 0 radical (unpaired) electrons. The summed E-state index contributed by atoms with van der Waals surface area (Å²) in [7, 11) is 2.07. The second-order valence-corrected chi connectivity index (χ2v) is 8.29. The predicted molar refractivity (Wildman–Crippen MR) is 117 cm³/mol. The van der Waals surface area contributed by atoms with Crippen LogP contribution in [0.3, 0.4) is 0 Å². The third-order valence-corrected chi connectivity index (χ3v) is 6.45. The average molecular weight is 381 g/mol. The molecule has 3 heteroatoms. The average Bonchev–Trinajstić information content (AvgIpc) is 3.12. The highest BCUT2D eigenvalue weighted by Crippen LogP contribution is 2.44. The lowest BCUT2D eigenvalue weighted by atomic mass is 9.82. The quantitative estimate of drug-likeness (QED) is 0.271. The van der Waals surface area contributed by atoms with Crippen molar-refractivity contribution in [2.45, 2.75) is 44.9 Å². The van der Waals surface area contributed by atoms with Crippen molar-refractivity contribution in [3.05, 3.63) is 71.2 Å². The van der Waals surface area contributed by atoms with Crippen molar-refractivity contribution in [2.24, 2.45) is 7.05 Å². The lowest BCUT2D eigenvalue weighted by Crippen LogP contribution is -2.30. The zero-order chi connectivity index (χ0) is 20.0. The van der Waals surface area contributed by atoms with Crippen LogP contribution in [-0.4, -0.2) is 0 Å². The van der Waals surface area contributed by atoms with Crippen LogP contribution in [0.1, 0.15) is 49.1 Å². The van der Waals surface area contributed by atoms with Gasteiger partial charge in [-0.25, -0.2) is 9.41 Å². The molecule has 0 unspecified atom stereocenters. The van der Waals surface area contributed by atoms with Crippen molar-refractivity contribution < 1.29 is 8.98 Å². The molecule has 5 rings (SSSR count). The van der Waals surface area contributed by atoms with Gasteiger partial charge in [-0.2, -0.15) is 0 Å². The van der Waals surface area contributed by atoms with Crippen LogP contribution in [0.4, 0.5) is 5.69 Å². The van der Waals surface area contributed by atoms with Crippen molar-refractivity contribution in [3.63, 3.8) is 0 Å². The SMILES string of the molecule is [C-]#[N+]c1cc(C2CCCCC2)c2c(c1)oc1c(-c3cccc[n+]3C)c(C)ccc12. The number of hydrogen-bond acceptors (Lipinski definition) is 1. The highest BCUT2D eigenvalue weighted by molar-refractivity contribution is 6.12. The van der Waals surface area contributed by atoms with Crippen LogP contribution in [0, 0.1) is 13.5 Å². The molecule has 1 aliphatic carbocycles. The number of fused-ring (bicyclic) bond motifs is 3. The molecule has 29 heavy (non-hydrogen) atoms. The first-order chi connectivity index (χ1) is 14.2. The van der Waals surface area contributed by atoms with E-state index in [4.69, 9.17) is 11.0 Å². The van der Waals surface area contributed by atoms with Gasteiger partial charge in [0, 0.05) is 22.9 Å². The van der Waals surface area contributed by atoms with Crippen molar-refractivity contribution in [1.29, 1.82) is 0 Å². The number of nitrogens with zero attached hydrogens (tertiary/aromatic N) is 2. The topological polar surface area (TPSA) is 21.4 Å². The monoisotopic (exact) mass is 381 g/mol. The number of furan rings is 1. The Morgan fingerprint density at radius 2 is 1.90 bits per heavy atom. The molecule has 4 aromatic rings. The maximum absolute atomic E-state index is 7.58. The third kappa shape index (κ3) is 2.91. The largest absolute Gasteiger partial charge is 0.456 e. The fourth-order valence-corrected chi connectivity index (χ4v) is 4.99. The summed E-state index contributed by atoms with van der Waals surface area (Å²) in [6.07, 6.45) is 8.34. The van der Waals surface area contributed by atoms with E-state index in [2.05, 4.69) is 59.9 Å². The van der Waals surface area contributed by atoms with Crippen LogP contribution in [-0.2, 0) is 7.05 Å². The van der Waals surface area contributed by atoms with E-state index < -0.39 is 0 Å². The first-order valence-corrected chi connectivity index (χ1v) is 10.5. The van der Waals surface area contributed by atoms with Gasteiger partial charge in [0.25, 0.3) is 0 Å². The van der Waals surface area contributed by atoms with Gasteiger partial charge in [-0.1, -0.05) is 37.5 Å². The molecule has 0 aliphatic heterocycles. The molecule has 0 spiro atoms. The minimum atomic E-state index is 0.520. The van der Waals surface area contributed by atoms with Gasteiger partial charge >= 0.3 is 0 Å². The smallest absolute Gasteiger partial charge is 0.216 e. The van der Waals surface area contributed by atoms with Crippen molar-refractivity contribution in [2.75, 3.05) is 0 Å². The molecular formula is C26H25N2O+. The number of aryl methyl sites for hydroxylation is 2. The molecule has 0 N–H and O–H groups in total. The van der Waals surface area contributed by atoms with Gasteiger partial charge in [0.05, 0.1) is 12.1 Å². The van der Waals surface area contributed by atoms with E-state index in [-0.39, 0.29) is 0 Å². The van der Waals surface area contributed by atoms with Gasteiger partial charge in [0.15, 0.2) is 11.9 Å². The maximum Gasteiger partial charge on any atom is 0.216 e. The van der Waals surface area contributed by atoms with Gasteiger partial charge in [0.2, 0.25) is 5.69 Å². The summed E-state index contributed by atoms with van der Waals surface area (Å²) in [6, 6.07) is 14.7. The molecule has 2 aromatic carbocycles. The molecule has 1 fully saturated rings. The van der Waals surface area contributed by atoms with E-state index in [1.807, 2.05) is 12.1 Å². The Bertz CT molecular complexity index is 1270. The highest BCUT2D eigenvalue weighted by Gasteiger charge is 2.25. The Hall–Kier alpha value is -3.12. The van der Waals surface area contributed by atoms with Crippen LogP contribution < -0.4 is 4.57 Å². The highest BCUT2D eigenvalue weighted by atomic mass is 16.3. The van der Waals surface area contributed by atoms with Crippen LogP contribution in [0.25, 0.3) is 38.0 Å². The summed E-state index contributed by atoms with van der Waals surface area (Å²) in [5.41, 5.74) is 7.24. The number of pyridine rings is 1. The van der Waals surface area contributed by atoms with Crippen LogP contribution >= 0.6 is 0 Å². The first kappa shape index (κ1) is 17.9. The molecule has 0 atom stereocenters. The normalized spacial score (nSPS) is 15.1. The Labute approximate surface area is 171 Å². The summed E-state index contributed by atoms with van der Waals surface area (Å²) in [4.78, 5) is 3.74. The summed E-state index contributed by atoms with van der Waals surface area (Å²) in [5, 5.41) is 2.38. The Kier molecular flexibility index (Phi) is 4.36. The number of benzene rings is 2. The van der Waals surface area contributed by atoms with Crippen molar-refractivity contribution in [1.82, 2.24) is 0 Å². The first-order valence-electron chi connectivity index (χ1n) is 10.5. The van der Waals surface area contributed by atoms with Crippen LogP contribution in [0.15, 0.2) is 53.1 Å². The zero-order valence-electron chi connectivity index (χ0n) is 17.0. The van der Waals surface area contributed by atoms with Gasteiger partial charge in [-0.15, -0.1) is 0 Å². The second-order valence-electron chi connectivity index (χ2n) is 8.29. The summed E-state index contributed by atoms with van der Waals surface area (Å²) in [6.45, 7) is 9.72. The Balaban J connectivity index is 1.86. The predicted octanol–water partition coefficient (Wildman–Crippen LogP) is 6.98. The van der Waals surface area contributed by atoms with E-state index in [1.165, 1.54) is 54.0 Å². The fraction of sp³-hybridized carbons (Fsp3) is 0.308. The van der Waals surface area contributed by atoms with E-state index >= 15 is 0 Å². The third-order valence-electron chi connectivity index (χ3n) is 6.45. The van der Waals surface area contributed by atoms with E-state index in [1.54, 1.807) is 0 Å². The van der Waals surface area contributed by atoms with E-state index in [0.717, 1.165) is 22.4 Å². The minimum absolute atomic E-state index is 0.520. The van der Waals surface area contributed by atoms with Crippen LogP contribution in [0.5, 0.6) is 0 Å². The molecule has 0 amide bonds. The summed E-state index contributed by atoms with van der Waals surface area (Å²) in [5.74, 6) is 0.520. The minimum Gasteiger partial charge on any atom is -0.456 e. The lowest BCUT2D eigenvalue weighted by Gasteiger charge is -2.23. The van der Waals surface area contributed by atoms with E-state index in [9.17, 15) is 0 Å². The van der Waals surface area contributed by atoms with Crippen molar-refractivity contribution >= 4 is 27.6 Å². The zero-order valence-corrected chi connectivity index (χ0v) is 17.0.